The van der Waals surface area contributed by atoms with Gasteiger partial charge in [0.2, 0.25) is 0 Å². The van der Waals surface area contributed by atoms with Crippen LogP contribution in [0.3, 0.4) is 0 Å². The second-order valence-electron chi connectivity index (χ2n) is 4.72. The number of nitrogens with zero attached hydrogens (tertiary/aromatic N) is 2. The van der Waals surface area contributed by atoms with Crippen LogP contribution in [0.2, 0.25) is 0 Å². The van der Waals surface area contributed by atoms with E-state index in [0.29, 0.717) is 17.1 Å². The molecule has 1 saturated heterocycles. The van der Waals surface area contributed by atoms with E-state index in [9.17, 15) is 14.7 Å². The number of carbonyl (C=O) groups excluding carboxylic acids is 1. The minimum Gasteiger partial charge on any atom is -0.494 e. The Bertz CT molecular complexity index is 537. The molecule has 1 aromatic heterocycles. The van der Waals surface area contributed by atoms with Crippen LogP contribution >= 0.6 is 11.8 Å². The molecule has 1 fully saturated rings. The van der Waals surface area contributed by atoms with E-state index in [0.717, 1.165) is 12.8 Å². The van der Waals surface area contributed by atoms with Crippen LogP contribution in [0, 0.1) is 0 Å². The second-order valence-corrected chi connectivity index (χ2v) is 5.93. The topological polar surface area (TPSA) is 79.7 Å². The molecule has 0 saturated carbocycles. The first-order valence-corrected chi connectivity index (χ1v) is 7.80. The predicted octanol–water partition coefficient (Wildman–Crippen LogP) is 1.86. The Hall–Kier alpha value is -1.76. The van der Waals surface area contributed by atoms with Crippen LogP contribution in [0.15, 0.2) is 18.5 Å². The molecule has 2 atom stereocenters. The van der Waals surface area contributed by atoms with Gasteiger partial charge < -0.3 is 14.7 Å². The van der Waals surface area contributed by atoms with Gasteiger partial charge in [0.05, 0.1) is 24.2 Å². The molecule has 2 heterocycles. The molecule has 1 amide bonds. The van der Waals surface area contributed by atoms with Gasteiger partial charge in [-0.05, 0) is 12.5 Å². The van der Waals surface area contributed by atoms with Gasteiger partial charge in [-0.1, -0.05) is 13.3 Å². The van der Waals surface area contributed by atoms with E-state index >= 15 is 0 Å². The Kier molecular flexibility index (Phi) is 5.06. The third-order valence-corrected chi connectivity index (χ3v) is 4.74. The molecule has 0 aromatic carbocycles. The maximum atomic E-state index is 12.8. The number of carboxylic acid groups (broad SMARTS) is 1. The maximum absolute atomic E-state index is 12.8. The molecular formula is C14H18N2O4S. The summed E-state index contributed by atoms with van der Waals surface area (Å²) in [6.45, 7) is 2.02. The highest BCUT2D eigenvalue weighted by atomic mass is 32.2. The lowest BCUT2D eigenvalue weighted by molar-refractivity contribution is -0.141. The van der Waals surface area contributed by atoms with Crippen LogP contribution in [0.5, 0.6) is 5.75 Å². The Morgan fingerprint density at radius 2 is 2.33 bits per heavy atom. The summed E-state index contributed by atoms with van der Waals surface area (Å²) in [7, 11) is 1.46. The standard InChI is InChI=1S/C14H18N2O4S/c1-3-4-12-16(10(8-21-12)14(18)19)13(17)9-5-6-15-7-11(9)20-2/h5-7,10,12H,3-4,8H2,1-2H3,(H,18,19). The number of aliphatic carboxylic acids is 1. The largest absolute Gasteiger partial charge is 0.494 e. The lowest BCUT2D eigenvalue weighted by Crippen LogP contribution is -2.45. The van der Waals surface area contributed by atoms with E-state index in [1.807, 2.05) is 6.92 Å². The number of amides is 1. The number of carboxylic acids is 1. The average Bonchev–Trinajstić information content (AvgIpc) is 2.91. The van der Waals surface area contributed by atoms with Crippen molar-refractivity contribution in [2.75, 3.05) is 12.9 Å². The van der Waals surface area contributed by atoms with Crippen molar-refractivity contribution >= 4 is 23.6 Å². The molecule has 1 N–H and O–H groups in total. The summed E-state index contributed by atoms with van der Waals surface area (Å²) in [6.07, 6.45) is 4.62. The monoisotopic (exact) mass is 310 g/mol. The first-order valence-electron chi connectivity index (χ1n) is 6.75. The molecule has 0 spiro atoms. The summed E-state index contributed by atoms with van der Waals surface area (Å²) in [4.78, 5) is 29.6. The van der Waals surface area contributed by atoms with Gasteiger partial charge in [0.1, 0.15) is 11.8 Å². The molecule has 1 aliphatic rings. The zero-order valence-electron chi connectivity index (χ0n) is 12.0. The van der Waals surface area contributed by atoms with Crippen molar-refractivity contribution in [1.82, 2.24) is 9.88 Å². The van der Waals surface area contributed by atoms with Crippen LogP contribution in [-0.2, 0) is 4.79 Å². The summed E-state index contributed by atoms with van der Waals surface area (Å²) in [5.41, 5.74) is 0.349. The summed E-state index contributed by atoms with van der Waals surface area (Å²) < 4.78 is 5.15. The molecule has 21 heavy (non-hydrogen) atoms. The van der Waals surface area contributed by atoms with Crippen molar-refractivity contribution in [3.63, 3.8) is 0 Å². The molecule has 0 radical (unpaired) electrons. The summed E-state index contributed by atoms with van der Waals surface area (Å²) in [5.74, 6) is -0.509. The lowest BCUT2D eigenvalue weighted by Gasteiger charge is -2.27. The molecular weight excluding hydrogens is 292 g/mol. The number of rotatable bonds is 5. The number of carbonyl (C=O) groups is 2. The highest BCUT2D eigenvalue weighted by Gasteiger charge is 2.42. The number of methoxy groups -OCH3 is 1. The zero-order valence-corrected chi connectivity index (χ0v) is 12.8. The number of pyridine rings is 1. The Labute approximate surface area is 127 Å². The van der Waals surface area contributed by atoms with E-state index in [-0.39, 0.29) is 11.3 Å². The molecule has 1 aromatic rings. The van der Waals surface area contributed by atoms with E-state index in [1.165, 1.54) is 36.2 Å². The van der Waals surface area contributed by atoms with Gasteiger partial charge in [-0.2, -0.15) is 0 Å². The predicted molar refractivity (Wildman–Crippen MR) is 79.5 cm³/mol. The van der Waals surface area contributed by atoms with Crippen LogP contribution in [0.25, 0.3) is 0 Å². The highest BCUT2D eigenvalue weighted by Crippen LogP contribution is 2.34. The van der Waals surface area contributed by atoms with Crippen molar-refractivity contribution in [2.24, 2.45) is 0 Å². The van der Waals surface area contributed by atoms with Crippen molar-refractivity contribution in [3.8, 4) is 5.75 Å². The molecule has 114 valence electrons. The number of aromatic nitrogens is 1. The van der Waals surface area contributed by atoms with Gasteiger partial charge in [-0.3, -0.25) is 9.78 Å². The van der Waals surface area contributed by atoms with E-state index in [4.69, 9.17) is 4.74 Å². The number of ether oxygens (including phenoxy) is 1. The van der Waals surface area contributed by atoms with Gasteiger partial charge in [-0.25, -0.2) is 4.79 Å². The number of thioether (sulfide) groups is 1. The molecule has 0 aliphatic carbocycles. The molecule has 2 rings (SSSR count). The smallest absolute Gasteiger partial charge is 0.327 e. The highest BCUT2D eigenvalue weighted by molar-refractivity contribution is 8.00. The number of hydrogen-bond acceptors (Lipinski definition) is 5. The van der Waals surface area contributed by atoms with Gasteiger partial charge in [-0.15, -0.1) is 11.8 Å². The fraction of sp³-hybridized carbons (Fsp3) is 0.500. The summed E-state index contributed by atoms with van der Waals surface area (Å²) in [5, 5.41) is 9.23. The van der Waals surface area contributed by atoms with E-state index in [2.05, 4.69) is 4.98 Å². The minimum absolute atomic E-state index is 0.110. The van der Waals surface area contributed by atoms with Crippen LogP contribution in [-0.4, -0.2) is 51.1 Å². The molecule has 0 bridgehead atoms. The fourth-order valence-electron chi connectivity index (χ4n) is 2.35. The quantitative estimate of drug-likeness (QED) is 0.894. The normalized spacial score (nSPS) is 21.3. The minimum atomic E-state index is -0.970. The van der Waals surface area contributed by atoms with Gasteiger partial charge in [0, 0.05) is 11.9 Å². The van der Waals surface area contributed by atoms with Crippen LogP contribution < -0.4 is 4.74 Å². The van der Waals surface area contributed by atoms with E-state index < -0.39 is 12.0 Å². The van der Waals surface area contributed by atoms with Gasteiger partial charge in [0.25, 0.3) is 5.91 Å². The average molecular weight is 310 g/mol. The second kappa shape index (κ2) is 6.80. The molecule has 6 nitrogen and oxygen atoms in total. The van der Waals surface area contributed by atoms with Gasteiger partial charge >= 0.3 is 5.97 Å². The fourth-order valence-corrected chi connectivity index (χ4v) is 3.87. The zero-order chi connectivity index (χ0) is 15.4. The Morgan fingerprint density at radius 3 is 2.95 bits per heavy atom. The van der Waals surface area contributed by atoms with Crippen molar-refractivity contribution < 1.29 is 19.4 Å². The third kappa shape index (κ3) is 3.12. The first kappa shape index (κ1) is 15.6. The first-order chi connectivity index (χ1) is 10.1. The van der Waals surface area contributed by atoms with Crippen LogP contribution in [0.4, 0.5) is 0 Å². The molecule has 1 aliphatic heterocycles. The Balaban J connectivity index is 2.34. The van der Waals surface area contributed by atoms with Crippen LogP contribution in [0.1, 0.15) is 30.1 Å². The molecule has 2 unspecified atom stereocenters. The summed E-state index contributed by atoms with van der Waals surface area (Å²) in [6, 6.07) is 0.767. The van der Waals surface area contributed by atoms with Crippen molar-refractivity contribution in [3.05, 3.63) is 24.0 Å². The van der Waals surface area contributed by atoms with Gasteiger partial charge in [0.15, 0.2) is 0 Å². The van der Waals surface area contributed by atoms with Crippen molar-refractivity contribution in [2.45, 2.75) is 31.2 Å². The van der Waals surface area contributed by atoms with E-state index in [1.54, 1.807) is 6.07 Å². The lowest BCUT2D eigenvalue weighted by atomic mass is 10.1. The third-order valence-electron chi connectivity index (χ3n) is 3.38. The maximum Gasteiger partial charge on any atom is 0.327 e. The van der Waals surface area contributed by atoms with Crippen molar-refractivity contribution in [1.29, 1.82) is 0 Å². The summed E-state index contributed by atoms with van der Waals surface area (Å²) >= 11 is 1.52. The Morgan fingerprint density at radius 1 is 1.57 bits per heavy atom. The number of hydrogen-bond donors (Lipinski definition) is 1. The SMILES string of the molecule is CCCC1SCC(C(=O)O)N1C(=O)c1ccncc1OC. The molecule has 7 heteroatoms.